The van der Waals surface area contributed by atoms with Gasteiger partial charge in [0.15, 0.2) is 0 Å². The third-order valence-corrected chi connectivity index (χ3v) is 4.61. The van der Waals surface area contributed by atoms with E-state index in [1.165, 1.54) is 0 Å². The normalized spacial score (nSPS) is 29.1. The lowest BCUT2D eigenvalue weighted by molar-refractivity contribution is -0.139. The first-order valence-corrected chi connectivity index (χ1v) is 7.10. The summed E-state index contributed by atoms with van der Waals surface area (Å²) in [5, 5.41) is 9.63. The maximum Gasteiger partial charge on any atom is 0.311 e. The fraction of sp³-hybridized carbons (Fsp3) is 0.500. The average molecular weight is 257 g/mol. The summed E-state index contributed by atoms with van der Waals surface area (Å²) in [7, 11) is 0. The molecule has 0 bridgehead atoms. The lowest BCUT2D eigenvalue weighted by Crippen LogP contribution is -2.35. The maximum absolute atomic E-state index is 11.7. The van der Waals surface area contributed by atoms with Crippen LogP contribution in [0.1, 0.15) is 44.1 Å². The minimum absolute atomic E-state index is 0.103. The zero-order valence-corrected chi connectivity index (χ0v) is 11.2. The summed E-state index contributed by atoms with van der Waals surface area (Å²) >= 11 is 0. The summed E-state index contributed by atoms with van der Waals surface area (Å²) < 4.78 is 0. The molecule has 3 rings (SSSR count). The van der Waals surface area contributed by atoms with Gasteiger partial charge in [-0.3, -0.25) is 9.79 Å². The minimum atomic E-state index is -0.707. The van der Waals surface area contributed by atoms with Gasteiger partial charge < -0.3 is 5.11 Å². The van der Waals surface area contributed by atoms with Crippen LogP contribution in [0.25, 0.3) is 0 Å². The number of aliphatic carboxylic acids is 1. The number of hydrogen-bond acceptors (Lipinski definition) is 2. The molecule has 0 spiro atoms. The number of hydrogen-bond donors (Lipinski definition) is 1. The van der Waals surface area contributed by atoms with Crippen LogP contribution in [-0.4, -0.2) is 16.8 Å². The third kappa shape index (κ3) is 2.07. The predicted molar refractivity (Wildman–Crippen MR) is 75.0 cm³/mol. The molecule has 1 aliphatic carbocycles. The fourth-order valence-corrected chi connectivity index (χ4v) is 3.52. The Morgan fingerprint density at radius 1 is 1.42 bits per heavy atom. The molecule has 0 amide bonds. The summed E-state index contributed by atoms with van der Waals surface area (Å²) in [5.74, 6) is -0.359. The zero-order chi connectivity index (χ0) is 13.4. The van der Waals surface area contributed by atoms with E-state index < -0.39 is 11.9 Å². The molecule has 1 N–H and O–H groups in total. The number of aliphatic imine (C=N–C) groups is 1. The van der Waals surface area contributed by atoms with Gasteiger partial charge in [-0.15, -0.1) is 0 Å². The second kappa shape index (κ2) is 4.80. The Labute approximate surface area is 113 Å². The lowest BCUT2D eigenvalue weighted by Gasteiger charge is -2.37. The topological polar surface area (TPSA) is 49.7 Å². The Kier molecular flexibility index (Phi) is 3.13. The fourth-order valence-electron chi connectivity index (χ4n) is 3.52. The van der Waals surface area contributed by atoms with Crippen LogP contribution in [0.3, 0.4) is 0 Å². The molecule has 1 saturated carbocycles. The van der Waals surface area contributed by atoms with Crippen molar-refractivity contribution in [3.8, 4) is 0 Å². The van der Waals surface area contributed by atoms with Crippen molar-refractivity contribution in [2.24, 2.45) is 16.8 Å². The Hall–Kier alpha value is -1.64. The number of fused-ring (bicyclic) bond motifs is 2. The Morgan fingerprint density at radius 3 is 2.95 bits per heavy atom. The van der Waals surface area contributed by atoms with E-state index in [0.717, 1.165) is 42.6 Å². The molecule has 3 nitrogen and oxygen atoms in total. The van der Waals surface area contributed by atoms with Crippen LogP contribution < -0.4 is 0 Å². The number of carboxylic acid groups (broad SMARTS) is 1. The van der Waals surface area contributed by atoms with Crippen molar-refractivity contribution < 1.29 is 9.90 Å². The van der Waals surface area contributed by atoms with Crippen molar-refractivity contribution in [1.29, 1.82) is 0 Å². The number of carbonyl (C=O) groups is 1. The van der Waals surface area contributed by atoms with E-state index in [1.54, 1.807) is 0 Å². The molecule has 3 atom stereocenters. The highest BCUT2D eigenvalue weighted by atomic mass is 16.4. The molecule has 3 heteroatoms. The van der Waals surface area contributed by atoms with Gasteiger partial charge in [0, 0.05) is 11.6 Å². The minimum Gasteiger partial charge on any atom is -0.481 e. The first-order valence-electron chi connectivity index (χ1n) is 7.10. The molecule has 0 radical (unpaired) electrons. The number of benzene rings is 1. The number of carboxylic acids is 1. The Balaban J connectivity index is 2.05. The van der Waals surface area contributed by atoms with Crippen molar-refractivity contribution in [3.63, 3.8) is 0 Å². The van der Waals surface area contributed by atoms with Gasteiger partial charge in [-0.05, 0) is 36.8 Å². The van der Waals surface area contributed by atoms with Crippen molar-refractivity contribution in [1.82, 2.24) is 0 Å². The Bertz CT molecular complexity index is 535. The van der Waals surface area contributed by atoms with Gasteiger partial charge in [0.25, 0.3) is 0 Å². The zero-order valence-electron chi connectivity index (χ0n) is 11.2. The standard InChI is InChI=1S/C16H19NO2/c1-2-10-7-8-14-12(9-10)15(16(18)19)11-5-3-4-6-13(11)17-14/h3-6,10,12,15H,2,7-9H2,1H3,(H,18,19)/t10-,12+,15+/m1/s1. The van der Waals surface area contributed by atoms with Crippen LogP contribution in [0.5, 0.6) is 0 Å². The van der Waals surface area contributed by atoms with E-state index in [9.17, 15) is 9.90 Å². The van der Waals surface area contributed by atoms with Crippen molar-refractivity contribution in [2.45, 2.75) is 38.5 Å². The second-order valence-electron chi connectivity index (χ2n) is 5.63. The van der Waals surface area contributed by atoms with E-state index in [4.69, 9.17) is 4.99 Å². The third-order valence-electron chi connectivity index (χ3n) is 4.61. The summed E-state index contributed by atoms with van der Waals surface area (Å²) in [5.41, 5.74) is 2.85. The molecule has 1 aromatic rings. The molecule has 2 aliphatic rings. The molecule has 1 aliphatic heterocycles. The van der Waals surface area contributed by atoms with Crippen LogP contribution >= 0.6 is 0 Å². The van der Waals surface area contributed by atoms with Gasteiger partial charge >= 0.3 is 5.97 Å². The van der Waals surface area contributed by atoms with E-state index in [-0.39, 0.29) is 5.92 Å². The summed E-state index contributed by atoms with van der Waals surface area (Å²) in [6.07, 6.45) is 4.22. The van der Waals surface area contributed by atoms with E-state index in [0.29, 0.717) is 5.92 Å². The smallest absolute Gasteiger partial charge is 0.311 e. The number of rotatable bonds is 2. The Morgan fingerprint density at radius 2 is 2.21 bits per heavy atom. The van der Waals surface area contributed by atoms with Gasteiger partial charge in [-0.2, -0.15) is 0 Å². The van der Waals surface area contributed by atoms with Crippen LogP contribution in [0.2, 0.25) is 0 Å². The summed E-state index contributed by atoms with van der Waals surface area (Å²) in [4.78, 5) is 16.4. The molecular formula is C16H19NO2. The quantitative estimate of drug-likeness (QED) is 0.876. The van der Waals surface area contributed by atoms with Gasteiger partial charge in [-0.1, -0.05) is 31.5 Å². The van der Waals surface area contributed by atoms with Crippen LogP contribution in [-0.2, 0) is 4.79 Å². The average Bonchev–Trinajstić information content (AvgIpc) is 2.43. The highest BCUT2D eigenvalue weighted by Crippen LogP contribution is 2.45. The van der Waals surface area contributed by atoms with E-state index >= 15 is 0 Å². The number of para-hydroxylation sites is 1. The summed E-state index contributed by atoms with van der Waals surface area (Å²) in [6.45, 7) is 2.19. The molecule has 1 heterocycles. The van der Waals surface area contributed by atoms with E-state index in [1.807, 2.05) is 24.3 Å². The van der Waals surface area contributed by atoms with Crippen LogP contribution in [0.15, 0.2) is 29.3 Å². The van der Waals surface area contributed by atoms with Crippen molar-refractivity contribution in [3.05, 3.63) is 29.8 Å². The molecule has 19 heavy (non-hydrogen) atoms. The van der Waals surface area contributed by atoms with Crippen LogP contribution in [0, 0.1) is 11.8 Å². The largest absolute Gasteiger partial charge is 0.481 e. The highest BCUT2D eigenvalue weighted by Gasteiger charge is 2.40. The molecule has 1 aromatic carbocycles. The van der Waals surface area contributed by atoms with Gasteiger partial charge in [0.1, 0.15) is 0 Å². The first-order chi connectivity index (χ1) is 9.20. The second-order valence-corrected chi connectivity index (χ2v) is 5.63. The monoisotopic (exact) mass is 257 g/mol. The van der Waals surface area contributed by atoms with Gasteiger partial charge in [-0.25, -0.2) is 0 Å². The first kappa shape index (κ1) is 12.4. The molecule has 0 aromatic heterocycles. The molecule has 100 valence electrons. The SMILES string of the molecule is CC[C@@H]1CCC2=Nc3ccccc3[C@H](C(=O)O)[C@H]2C1. The van der Waals surface area contributed by atoms with Gasteiger partial charge in [0.2, 0.25) is 0 Å². The van der Waals surface area contributed by atoms with Crippen LogP contribution in [0.4, 0.5) is 5.69 Å². The maximum atomic E-state index is 11.7. The van der Waals surface area contributed by atoms with E-state index in [2.05, 4.69) is 6.92 Å². The van der Waals surface area contributed by atoms with Gasteiger partial charge in [0.05, 0.1) is 11.6 Å². The number of nitrogens with zero attached hydrogens (tertiary/aromatic N) is 1. The van der Waals surface area contributed by atoms with Crippen molar-refractivity contribution in [2.75, 3.05) is 0 Å². The highest BCUT2D eigenvalue weighted by molar-refractivity contribution is 5.98. The molecule has 0 saturated heterocycles. The lowest BCUT2D eigenvalue weighted by atomic mass is 9.69. The molecular weight excluding hydrogens is 238 g/mol. The summed E-state index contributed by atoms with van der Waals surface area (Å²) in [6, 6.07) is 7.69. The van der Waals surface area contributed by atoms with Crippen molar-refractivity contribution >= 4 is 17.4 Å². The molecule has 0 unspecified atom stereocenters. The molecule has 1 fully saturated rings. The predicted octanol–water partition coefficient (Wildman–Crippen LogP) is 3.77.